The highest BCUT2D eigenvalue weighted by Crippen LogP contribution is 2.29. The van der Waals surface area contributed by atoms with E-state index in [0.717, 1.165) is 54.1 Å². The summed E-state index contributed by atoms with van der Waals surface area (Å²) in [5.41, 5.74) is 13.5. The Morgan fingerprint density at radius 2 is 1.55 bits per heavy atom. The van der Waals surface area contributed by atoms with Crippen LogP contribution in [0.1, 0.15) is 88.7 Å². The monoisotopic (exact) mass is 927 g/mol. The number of para-hydroxylation sites is 1. The summed E-state index contributed by atoms with van der Waals surface area (Å²) in [6, 6.07) is 10.2. The highest BCUT2D eigenvalue weighted by molar-refractivity contribution is 7.81. The van der Waals surface area contributed by atoms with Crippen LogP contribution in [0.15, 0.2) is 65.8 Å². The smallest absolute Gasteiger partial charge is 0.245 e. The van der Waals surface area contributed by atoms with E-state index in [1.54, 1.807) is 6.20 Å². The third kappa shape index (κ3) is 14.0. The number of guanidine groups is 1. The van der Waals surface area contributed by atoms with Crippen molar-refractivity contribution in [1.82, 2.24) is 41.8 Å². The van der Waals surface area contributed by atoms with Crippen LogP contribution >= 0.6 is 12.6 Å². The fourth-order valence-corrected chi connectivity index (χ4v) is 9.66. The van der Waals surface area contributed by atoms with Crippen LogP contribution in [0.25, 0.3) is 10.9 Å². The average molecular weight is 928 g/mol. The molecule has 3 aromatic rings. The number of hydrogen-bond acceptors (Lipinski definition) is 9. The van der Waals surface area contributed by atoms with Gasteiger partial charge in [-0.3, -0.25) is 38.6 Å². The van der Waals surface area contributed by atoms with Crippen LogP contribution in [0, 0.1) is 5.92 Å². The van der Waals surface area contributed by atoms with Gasteiger partial charge < -0.3 is 53.3 Å². The maximum Gasteiger partial charge on any atom is 0.245 e. The highest BCUT2D eigenvalue weighted by Gasteiger charge is 2.43. The lowest BCUT2D eigenvalue weighted by atomic mass is 9.84. The molecule has 356 valence electrons. The lowest BCUT2D eigenvalue weighted by Gasteiger charge is -2.32. The van der Waals surface area contributed by atoms with Crippen molar-refractivity contribution in [3.05, 3.63) is 71.9 Å². The van der Waals surface area contributed by atoms with E-state index < -0.39 is 82.9 Å². The van der Waals surface area contributed by atoms with Crippen molar-refractivity contribution in [2.45, 2.75) is 132 Å². The van der Waals surface area contributed by atoms with E-state index in [2.05, 4.69) is 41.9 Å². The Labute approximate surface area is 390 Å². The number of benzene rings is 2. The van der Waals surface area contributed by atoms with Crippen molar-refractivity contribution < 1.29 is 33.6 Å². The van der Waals surface area contributed by atoms with Crippen molar-refractivity contribution in [3.63, 3.8) is 0 Å². The van der Waals surface area contributed by atoms with E-state index in [4.69, 9.17) is 24.1 Å². The van der Waals surface area contributed by atoms with E-state index in [1.807, 2.05) is 54.6 Å². The largest absolute Gasteiger partial charge is 0.370 e. The molecule has 2 aromatic carbocycles. The van der Waals surface area contributed by atoms with Crippen LogP contribution < -0.4 is 43.4 Å². The second-order valence-corrected chi connectivity index (χ2v) is 18.5. The lowest BCUT2D eigenvalue weighted by Crippen LogP contribution is -2.60. The predicted molar refractivity (Wildman–Crippen MR) is 254 cm³/mol. The van der Waals surface area contributed by atoms with Crippen LogP contribution in [0.2, 0.25) is 0 Å². The number of nitrogens with one attached hydrogen (secondary N) is 7. The van der Waals surface area contributed by atoms with Gasteiger partial charge in [-0.15, -0.1) is 0 Å². The van der Waals surface area contributed by atoms with E-state index in [0.29, 0.717) is 12.8 Å². The van der Waals surface area contributed by atoms with Gasteiger partial charge in [0, 0.05) is 61.7 Å². The zero-order chi connectivity index (χ0) is 47.2. The Kier molecular flexibility index (Phi) is 17.9. The second kappa shape index (κ2) is 23.9. The molecule has 3 fully saturated rings. The maximum absolute atomic E-state index is 14.7. The standard InChI is InChI=1S/C47H65N11O7S/c1-28(59)53-37(22-29-12-4-2-5-13-29)42(61)55-36-19-11-20-50-41(60)35(18-10-21-51-47(48)49)54-44(63)39(24-31-26-52-34-17-9-8-16-33(31)34)56-43(62)38(23-30-14-6-3-7-15-30)57-45(64)40-25-32(66)27-58(40)46(36)65/h2,4-5,8-9,12-13,16-17,26,30,32,35-40,52,66H,3,6-7,10-11,14-15,18-25,27H2,1H3,(H,50,60)(H,53,59)(H,54,63)(H,55,61)(H,56,62)(H,57,64)(H4,48,49,51)/t32-,35-,36?,37-,38+,39-,40-/m0/s1. The first-order valence-electron chi connectivity index (χ1n) is 23.1. The van der Waals surface area contributed by atoms with Gasteiger partial charge in [-0.1, -0.05) is 80.6 Å². The summed E-state index contributed by atoms with van der Waals surface area (Å²) in [7, 11) is 0. The predicted octanol–water partition coefficient (Wildman–Crippen LogP) is 1.23. The number of hydrogen-bond donors (Lipinski definition) is 10. The SMILES string of the molecule is CC(=O)N[C@@H](Cc1ccccc1)C(=O)NC1CCCNC(=O)[C@H](CCCN=C(N)N)NC(=O)[C@H](Cc2c[nH]c3ccccc23)NC(=O)[C@@H](CC2CCCCC2)NC(=O)[C@@H]2C[C@H](S)CN2C1=O. The molecule has 6 rings (SSSR count). The van der Waals surface area contributed by atoms with E-state index in [-0.39, 0.29) is 70.0 Å². The number of carbonyl (C=O) groups is 7. The second-order valence-electron chi connectivity index (χ2n) is 17.8. The summed E-state index contributed by atoms with van der Waals surface area (Å²) in [5, 5.41) is 17.7. The van der Waals surface area contributed by atoms with Crippen LogP contribution in [0.4, 0.5) is 0 Å². The molecule has 19 heteroatoms. The molecule has 0 spiro atoms. The van der Waals surface area contributed by atoms with Crippen molar-refractivity contribution in [3.8, 4) is 0 Å². The van der Waals surface area contributed by atoms with Crippen LogP contribution in [0.3, 0.4) is 0 Å². The normalized spacial score (nSPS) is 24.4. The summed E-state index contributed by atoms with van der Waals surface area (Å²) >= 11 is 4.70. The van der Waals surface area contributed by atoms with E-state index in [1.165, 1.54) is 11.8 Å². The molecule has 7 atom stereocenters. The molecule has 1 unspecified atom stereocenters. The number of fused-ring (bicyclic) bond motifs is 2. The number of amides is 7. The summed E-state index contributed by atoms with van der Waals surface area (Å²) < 4.78 is 0. The van der Waals surface area contributed by atoms with Gasteiger partial charge in [0.1, 0.15) is 36.3 Å². The lowest BCUT2D eigenvalue weighted by molar-refractivity contribution is -0.142. The first kappa shape index (κ1) is 49.3. The number of H-pyrrole nitrogens is 1. The number of nitrogens with two attached hydrogens (primary N) is 2. The van der Waals surface area contributed by atoms with Crippen LogP contribution in [-0.2, 0) is 46.4 Å². The molecule has 3 heterocycles. The molecular weight excluding hydrogens is 863 g/mol. The maximum atomic E-state index is 14.7. The van der Waals surface area contributed by atoms with Gasteiger partial charge in [-0.05, 0) is 61.6 Å². The fourth-order valence-electron chi connectivity index (χ4n) is 9.28. The molecule has 2 aliphatic heterocycles. The van der Waals surface area contributed by atoms with Crippen molar-refractivity contribution in [2.75, 3.05) is 19.6 Å². The number of aromatic amines is 1. The molecule has 0 bridgehead atoms. The number of nitrogens with zero attached hydrogens (tertiary/aromatic N) is 2. The zero-order valence-electron chi connectivity index (χ0n) is 37.6. The molecular formula is C47H65N11O7S. The topological polar surface area (TPSA) is 275 Å². The third-order valence-corrected chi connectivity index (χ3v) is 13.0. The van der Waals surface area contributed by atoms with Gasteiger partial charge in [0.2, 0.25) is 41.4 Å². The molecule has 11 N–H and O–H groups in total. The molecule has 1 aromatic heterocycles. The van der Waals surface area contributed by atoms with E-state index in [9.17, 15) is 33.6 Å². The van der Waals surface area contributed by atoms with Crippen molar-refractivity contribution >= 4 is 70.8 Å². The Balaban J connectivity index is 1.33. The minimum atomic E-state index is -1.17. The number of aromatic nitrogens is 1. The summed E-state index contributed by atoms with van der Waals surface area (Å²) in [6.45, 7) is 1.64. The van der Waals surface area contributed by atoms with Gasteiger partial charge in [0.15, 0.2) is 5.96 Å². The number of rotatable bonds is 13. The molecule has 2 saturated heterocycles. The van der Waals surface area contributed by atoms with Crippen LogP contribution in [0.5, 0.6) is 0 Å². The minimum Gasteiger partial charge on any atom is -0.370 e. The van der Waals surface area contributed by atoms with Crippen molar-refractivity contribution in [1.29, 1.82) is 0 Å². The Morgan fingerprint density at radius 1 is 0.848 bits per heavy atom. The number of carbonyl (C=O) groups excluding carboxylic acids is 7. The number of thiol groups is 1. The van der Waals surface area contributed by atoms with Gasteiger partial charge in [0.25, 0.3) is 0 Å². The summed E-state index contributed by atoms with van der Waals surface area (Å²) in [5.74, 6) is -3.80. The Bertz CT molecular complexity index is 2210. The molecule has 7 amide bonds. The molecule has 18 nitrogen and oxygen atoms in total. The average Bonchev–Trinajstić information content (AvgIpc) is 3.90. The molecule has 1 saturated carbocycles. The van der Waals surface area contributed by atoms with Gasteiger partial charge in [-0.2, -0.15) is 12.6 Å². The zero-order valence-corrected chi connectivity index (χ0v) is 38.5. The Morgan fingerprint density at radius 3 is 2.29 bits per heavy atom. The van der Waals surface area contributed by atoms with Crippen molar-refractivity contribution in [2.24, 2.45) is 22.4 Å². The fraction of sp³-hybridized carbons (Fsp3) is 0.532. The summed E-state index contributed by atoms with van der Waals surface area (Å²) in [6.07, 6.45) is 8.02. The third-order valence-electron chi connectivity index (χ3n) is 12.7. The van der Waals surface area contributed by atoms with Gasteiger partial charge >= 0.3 is 0 Å². The Hall–Kier alpha value is -6.11. The number of aliphatic imine (C=N–C) groups is 1. The molecule has 1 aliphatic carbocycles. The quantitative estimate of drug-likeness (QED) is 0.0511. The first-order chi connectivity index (χ1) is 31.7. The highest BCUT2D eigenvalue weighted by atomic mass is 32.1. The van der Waals surface area contributed by atoms with E-state index >= 15 is 0 Å². The summed E-state index contributed by atoms with van der Waals surface area (Å²) in [4.78, 5) is 107. The molecule has 0 radical (unpaired) electrons. The van der Waals surface area contributed by atoms with Crippen LogP contribution in [-0.4, -0.2) is 118 Å². The minimum absolute atomic E-state index is 0.0476. The van der Waals surface area contributed by atoms with Gasteiger partial charge in [0.05, 0.1) is 0 Å². The molecule has 66 heavy (non-hydrogen) atoms. The van der Waals surface area contributed by atoms with Gasteiger partial charge in [-0.25, -0.2) is 0 Å². The first-order valence-corrected chi connectivity index (χ1v) is 23.7. The molecule has 3 aliphatic rings.